The predicted octanol–water partition coefficient (Wildman–Crippen LogP) is 2.90. The average Bonchev–Trinajstić information content (AvgIpc) is 2.41. The highest BCUT2D eigenvalue weighted by Crippen LogP contribution is 2.29. The van der Waals surface area contributed by atoms with Crippen LogP contribution in [0.2, 0.25) is 0 Å². The first-order chi connectivity index (χ1) is 6.47. The van der Waals surface area contributed by atoms with Gasteiger partial charge in [0.05, 0.1) is 21.7 Å². The third-order valence-electron chi connectivity index (χ3n) is 2.10. The van der Waals surface area contributed by atoms with Crippen LogP contribution in [0.4, 0.5) is 0 Å². The summed E-state index contributed by atoms with van der Waals surface area (Å²) in [6.07, 6.45) is 1.80. The molecule has 0 radical (unpaired) electrons. The summed E-state index contributed by atoms with van der Waals surface area (Å²) in [6, 6.07) is 2.03. The maximum atomic E-state index is 4.36. The molecule has 74 valence electrons. The summed E-state index contributed by atoms with van der Waals surface area (Å²) >= 11 is 3.58. The van der Waals surface area contributed by atoms with Crippen molar-refractivity contribution < 1.29 is 0 Å². The fraction of sp³-hybridized carbons (Fsp3) is 0.400. The quantitative estimate of drug-likeness (QED) is 0.795. The van der Waals surface area contributed by atoms with Gasteiger partial charge >= 0.3 is 0 Å². The van der Waals surface area contributed by atoms with Crippen molar-refractivity contribution in [2.45, 2.75) is 25.1 Å². The van der Waals surface area contributed by atoms with E-state index in [4.69, 9.17) is 0 Å². The van der Waals surface area contributed by atoms with Crippen LogP contribution >= 0.6 is 15.9 Å². The first-order valence-electron chi connectivity index (χ1n) is 4.48. The molecule has 0 aliphatic carbocycles. The maximum Gasteiger partial charge on any atom is 0.107 e. The molecule has 0 amide bonds. The lowest BCUT2D eigenvalue weighted by atomic mass is 10.1. The Morgan fingerprint density at radius 2 is 2.14 bits per heavy atom. The number of pyridine rings is 1. The molecule has 3 nitrogen and oxygen atoms in total. The molecule has 4 heteroatoms. The molecule has 1 N–H and O–H groups in total. The Morgan fingerprint density at radius 3 is 2.79 bits per heavy atom. The van der Waals surface area contributed by atoms with Gasteiger partial charge < -0.3 is 4.98 Å². The number of rotatable bonds is 1. The number of hydrogen-bond donors (Lipinski definition) is 1. The number of aromatic nitrogens is 3. The number of aromatic amines is 1. The van der Waals surface area contributed by atoms with E-state index in [1.165, 1.54) is 0 Å². The second-order valence-electron chi connectivity index (χ2n) is 3.88. The number of alkyl halides is 1. The van der Waals surface area contributed by atoms with E-state index in [-0.39, 0.29) is 4.32 Å². The van der Waals surface area contributed by atoms with E-state index in [1.54, 1.807) is 6.20 Å². The first kappa shape index (κ1) is 9.65. The van der Waals surface area contributed by atoms with Gasteiger partial charge in [0.25, 0.3) is 0 Å². The van der Waals surface area contributed by atoms with E-state index in [0.29, 0.717) is 0 Å². The van der Waals surface area contributed by atoms with Crippen molar-refractivity contribution >= 4 is 27.0 Å². The molecule has 0 aliphatic rings. The number of hydrogen-bond acceptors (Lipinski definition) is 2. The van der Waals surface area contributed by atoms with Gasteiger partial charge in [-0.15, -0.1) is 0 Å². The Kier molecular flexibility index (Phi) is 2.10. The van der Waals surface area contributed by atoms with Crippen molar-refractivity contribution in [2.75, 3.05) is 0 Å². The Hall–Kier alpha value is -0.900. The predicted molar refractivity (Wildman–Crippen MR) is 60.6 cm³/mol. The van der Waals surface area contributed by atoms with Crippen LogP contribution < -0.4 is 0 Å². The van der Waals surface area contributed by atoms with E-state index in [2.05, 4.69) is 44.7 Å². The SMILES string of the molecule is Cc1nc2cnc(C(C)(C)Br)cc2[nH]1. The smallest absolute Gasteiger partial charge is 0.107 e. The van der Waals surface area contributed by atoms with Crippen LogP contribution in [0.5, 0.6) is 0 Å². The van der Waals surface area contributed by atoms with Crippen molar-refractivity contribution in [1.82, 2.24) is 15.0 Å². The van der Waals surface area contributed by atoms with Gasteiger partial charge in [-0.1, -0.05) is 15.9 Å². The molecule has 0 saturated carbocycles. The summed E-state index contributed by atoms with van der Waals surface area (Å²) in [5, 5.41) is 0. The van der Waals surface area contributed by atoms with E-state index in [1.807, 2.05) is 13.0 Å². The molecule has 14 heavy (non-hydrogen) atoms. The third-order valence-corrected chi connectivity index (χ3v) is 2.50. The topological polar surface area (TPSA) is 41.6 Å². The lowest BCUT2D eigenvalue weighted by Gasteiger charge is -2.14. The third kappa shape index (κ3) is 1.66. The second-order valence-corrected chi connectivity index (χ2v) is 5.86. The monoisotopic (exact) mass is 253 g/mol. The van der Waals surface area contributed by atoms with Crippen LogP contribution in [-0.4, -0.2) is 15.0 Å². The summed E-state index contributed by atoms with van der Waals surface area (Å²) < 4.78 is -0.0970. The highest BCUT2D eigenvalue weighted by Gasteiger charge is 2.18. The fourth-order valence-electron chi connectivity index (χ4n) is 1.37. The highest BCUT2D eigenvalue weighted by atomic mass is 79.9. The van der Waals surface area contributed by atoms with Gasteiger partial charge in [-0.25, -0.2) is 4.98 Å². The van der Waals surface area contributed by atoms with Gasteiger partial charge in [0, 0.05) is 0 Å². The van der Waals surface area contributed by atoms with Crippen LogP contribution in [0, 0.1) is 6.92 Å². The Bertz CT molecular complexity index is 468. The summed E-state index contributed by atoms with van der Waals surface area (Å²) in [5.41, 5.74) is 2.97. The largest absolute Gasteiger partial charge is 0.342 e. The summed E-state index contributed by atoms with van der Waals surface area (Å²) in [4.78, 5) is 11.9. The molecule has 0 fully saturated rings. The molecule has 2 aromatic heterocycles. The number of halogens is 1. The molecule has 0 saturated heterocycles. The minimum atomic E-state index is -0.0970. The van der Waals surface area contributed by atoms with E-state index < -0.39 is 0 Å². The fourth-order valence-corrected chi connectivity index (χ4v) is 1.58. The Labute approximate surface area is 91.1 Å². The minimum Gasteiger partial charge on any atom is -0.342 e. The number of nitrogens with zero attached hydrogens (tertiary/aromatic N) is 2. The minimum absolute atomic E-state index is 0.0970. The molecule has 0 bridgehead atoms. The van der Waals surface area contributed by atoms with E-state index >= 15 is 0 Å². The molecule has 2 heterocycles. The summed E-state index contributed by atoms with van der Waals surface area (Å²) in [5.74, 6) is 0.923. The number of aryl methyl sites for hydroxylation is 1. The molecule has 2 aromatic rings. The van der Waals surface area contributed by atoms with Crippen LogP contribution in [-0.2, 0) is 4.32 Å². The maximum absolute atomic E-state index is 4.36. The van der Waals surface area contributed by atoms with Crippen LogP contribution in [0.3, 0.4) is 0 Å². The van der Waals surface area contributed by atoms with Crippen LogP contribution in [0.1, 0.15) is 25.4 Å². The Balaban J connectivity index is 2.62. The highest BCUT2D eigenvalue weighted by molar-refractivity contribution is 9.09. The molecule has 2 rings (SSSR count). The Morgan fingerprint density at radius 1 is 1.43 bits per heavy atom. The van der Waals surface area contributed by atoms with Gasteiger partial charge in [-0.3, -0.25) is 4.98 Å². The first-order valence-corrected chi connectivity index (χ1v) is 5.28. The van der Waals surface area contributed by atoms with Gasteiger partial charge in [0.1, 0.15) is 11.3 Å². The van der Waals surface area contributed by atoms with Crippen molar-refractivity contribution in [2.24, 2.45) is 0 Å². The molecule has 0 spiro atoms. The van der Waals surface area contributed by atoms with Crippen molar-refractivity contribution in [1.29, 1.82) is 0 Å². The molecule has 0 aromatic carbocycles. The lowest BCUT2D eigenvalue weighted by molar-refractivity contribution is 0.768. The zero-order valence-electron chi connectivity index (χ0n) is 8.43. The molecule has 0 unspecified atom stereocenters. The lowest BCUT2D eigenvalue weighted by Crippen LogP contribution is -2.08. The van der Waals surface area contributed by atoms with Crippen LogP contribution in [0.25, 0.3) is 11.0 Å². The number of H-pyrrole nitrogens is 1. The van der Waals surface area contributed by atoms with Crippen molar-refractivity contribution in [3.8, 4) is 0 Å². The van der Waals surface area contributed by atoms with Crippen LogP contribution in [0.15, 0.2) is 12.3 Å². The van der Waals surface area contributed by atoms with Gasteiger partial charge in [0.15, 0.2) is 0 Å². The molecular weight excluding hydrogens is 242 g/mol. The zero-order chi connectivity index (χ0) is 10.3. The van der Waals surface area contributed by atoms with Crippen molar-refractivity contribution in [3.63, 3.8) is 0 Å². The molecule has 0 atom stereocenters. The van der Waals surface area contributed by atoms with E-state index in [9.17, 15) is 0 Å². The number of nitrogens with one attached hydrogen (secondary N) is 1. The summed E-state index contributed by atoms with van der Waals surface area (Å²) in [7, 11) is 0. The second kappa shape index (κ2) is 3.05. The molecular formula is C10H12BrN3. The normalized spacial score (nSPS) is 12.3. The number of fused-ring (bicyclic) bond motifs is 1. The zero-order valence-corrected chi connectivity index (χ0v) is 10.0. The average molecular weight is 254 g/mol. The van der Waals surface area contributed by atoms with Gasteiger partial charge in [-0.2, -0.15) is 0 Å². The van der Waals surface area contributed by atoms with Crippen molar-refractivity contribution in [3.05, 3.63) is 23.8 Å². The van der Waals surface area contributed by atoms with Gasteiger partial charge in [-0.05, 0) is 26.8 Å². The molecule has 0 aliphatic heterocycles. The van der Waals surface area contributed by atoms with Gasteiger partial charge in [0.2, 0.25) is 0 Å². The summed E-state index contributed by atoms with van der Waals surface area (Å²) in [6.45, 7) is 6.09. The number of imidazole rings is 1. The van der Waals surface area contributed by atoms with E-state index in [0.717, 1.165) is 22.6 Å². The standard InChI is InChI=1S/C10H12BrN3/c1-6-13-7-4-9(10(2,3)11)12-5-8(7)14-6/h4-5H,1-3H3,(H,13,14).